The molecule has 0 saturated carbocycles. The summed E-state index contributed by atoms with van der Waals surface area (Å²) in [4.78, 5) is 10.7. The van der Waals surface area contributed by atoms with Gasteiger partial charge in [-0.1, -0.05) is 18.7 Å². The highest BCUT2D eigenvalue weighted by atomic mass is 32.2. The maximum atomic E-state index is 11.6. The first-order chi connectivity index (χ1) is 5.66. The second-order valence-corrected chi connectivity index (χ2v) is 3.61. The number of alkyl halides is 2. The lowest BCUT2D eigenvalue weighted by molar-refractivity contribution is -0.110. The summed E-state index contributed by atoms with van der Waals surface area (Å²) in [7, 11) is 0. The molecule has 0 bridgehead atoms. The van der Waals surface area contributed by atoms with Crippen LogP contribution >= 0.6 is 11.8 Å². The molecular formula is C8H14F2OS. The zero-order valence-electron chi connectivity index (χ0n) is 7.19. The highest BCUT2D eigenvalue weighted by Crippen LogP contribution is 2.11. The van der Waals surface area contributed by atoms with Crippen LogP contribution in [0.1, 0.15) is 32.6 Å². The molecule has 0 aliphatic heterocycles. The Morgan fingerprint density at radius 3 is 2.58 bits per heavy atom. The maximum Gasteiger partial charge on any atom is 0.238 e. The van der Waals surface area contributed by atoms with Gasteiger partial charge in [-0.15, -0.1) is 0 Å². The fraction of sp³-hybridized carbons (Fsp3) is 0.875. The first kappa shape index (κ1) is 11.9. The first-order valence-electron chi connectivity index (χ1n) is 4.10. The van der Waals surface area contributed by atoms with E-state index in [2.05, 4.69) is 0 Å². The summed E-state index contributed by atoms with van der Waals surface area (Å²) < 4.78 is 23.2. The SMILES string of the molecule is CCC(=O)SCCCCC(F)F. The van der Waals surface area contributed by atoms with Crippen LogP contribution in [0.25, 0.3) is 0 Å². The standard InChI is InChI=1S/C8H14F2OS/c1-2-8(11)12-6-4-3-5-7(9)10/h7H,2-6H2,1H3. The van der Waals surface area contributed by atoms with E-state index < -0.39 is 6.43 Å². The Morgan fingerprint density at radius 1 is 1.42 bits per heavy atom. The number of halogens is 2. The molecule has 0 aromatic heterocycles. The van der Waals surface area contributed by atoms with Crippen LogP contribution in [-0.4, -0.2) is 17.3 Å². The zero-order valence-corrected chi connectivity index (χ0v) is 8.00. The Balaban J connectivity index is 3.05. The predicted molar refractivity (Wildman–Crippen MR) is 47.6 cm³/mol. The van der Waals surface area contributed by atoms with Gasteiger partial charge in [-0.3, -0.25) is 4.79 Å². The highest BCUT2D eigenvalue weighted by molar-refractivity contribution is 8.13. The first-order valence-corrected chi connectivity index (χ1v) is 5.09. The smallest absolute Gasteiger partial charge is 0.238 e. The lowest BCUT2D eigenvalue weighted by Crippen LogP contribution is -1.93. The monoisotopic (exact) mass is 196 g/mol. The van der Waals surface area contributed by atoms with Crippen molar-refractivity contribution >= 4 is 16.9 Å². The molecule has 0 spiro atoms. The molecule has 0 saturated heterocycles. The molecule has 0 aromatic carbocycles. The summed E-state index contributed by atoms with van der Waals surface area (Å²) in [5.74, 6) is 0.680. The molecule has 0 aliphatic carbocycles. The van der Waals surface area contributed by atoms with E-state index in [0.717, 1.165) is 0 Å². The number of hydrogen-bond donors (Lipinski definition) is 0. The minimum absolute atomic E-state index is 0.0408. The molecule has 0 fully saturated rings. The highest BCUT2D eigenvalue weighted by Gasteiger charge is 2.02. The van der Waals surface area contributed by atoms with Gasteiger partial charge in [-0.2, -0.15) is 0 Å². The van der Waals surface area contributed by atoms with Crippen LogP contribution < -0.4 is 0 Å². The molecule has 0 aliphatic rings. The van der Waals surface area contributed by atoms with Crippen LogP contribution in [0, 0.1) is 0 Å². The van der Waals surface area contributed by atoms with Gasteiger partial charge in [0.2, 0.25) is 6.43 Å². The third-order valence-electron chi connectivity index (χ3n) is 1.37. The van der Waals surface area contributed by atoms with Gasteiger partial charge in [0.25, 0.3) is 0 Å². The van der Waals surface area contributed by atoms with Crippen molar-refractivity contribution in [2.75, 3.05) is 5.75 Å². The predicted octanol–water partition coefficient (Wildman–Crippen LogP) is 3.09. The average molecular weight is 196 g/mol. The van der Waals surface area contributed by atoms with Gasteiger partial charge in [0.05, 0.1) is 0 Å². The van der Waals surface area contributed by atoms with Gasteiger partial charge >= 0.3 is 0 Å². The molecule has 0 unspecified atom stereocenters. The van der Waals surface area contributed by atoms with Gasteiger partial charge in [0, 0.05) is 18.6 Å². The zero-order chi connectivity index (χ0) is 9.40. The van der Waals surface area contributed by atoms with Crippen LogP contribution in [0.15, 0.2) is 0 Å². The fourth-order valence-electron chi connectivity index (χ4n) is 0.689. The number of hydrogen-bond acceptors (Lipinski definition) is 2. The summed E-state index contributed by atoms with van der Waals surface area (Å²) >= 11 is 1.24. The maximum absolute atomic E-state index is 11.6. The van der Waals surface area contributed by atoms with E-state index >= 15 is 0 Å². The molecule has 1 nitrogen and oxygen atoms in total. The molecule has 0 heterocycles. The van der Waals surface area contributed by atoms with E-state index in [4.69, 9.17) is 0 Å². The van der Waals surface area contributed by atoms with Gasteiger partial charge in [0.15, 0.2) is 5.12 Å². The van der Waals surface area contributed by atoms with Crippen molar-refractivity contribution < 1.29 is 13.6 Å². The van der Waals surface area contributed by atoms with E-state index in [0.29, 0.717) is 25.0 Å². The van der Waals surface area contributed by atoms with E-state index in [-0.39, 0.29) is 11.5 Å². The third kappa shape index (κ3) is 7.98. The Bertz CT molecular complexity index is 128. The average Bonchev–Trinajstić information content (AvgIpc) is 2.03. The van der Waals surface area contributed by atoms with Gasteiger partial charge in [-0.25, -0.2) is 8.78 Å². The molecule has 4 heteroatoms. The summed E-state index contributed by atoms with van der Waals surface area (Å²) in [5.41, 5.74) is 0. The Morgan fingerprint density at radius 2 is 2.08 bits per heavy atom. The number of thioether (sulfide) groups is 1. The molecule has 0 radical (unpaired) electrons. The lowest BCUT2D eigenvalue weighted by atomic mass is 10.3. The number of carbonyl (C=O) groups excluding carboxylic acids is 1. The molecular weight excluding hydrogens is 182 g/mol. The number of unbranched alkanes of at least 4 members (excludes halogenated alkanes) is 1. The Hall–Kier alpha value is -0.120. The van der Waals surface area contributed by atoms with Crippen molar-refractivity contribution in [1.82, 2.24) is 0 Å². The minimum atomic E-state index is -2.20. The van der Waals surface area contributed by atoms with Gasteiger partial charge in [-0.05, 0) is 12.8 Å². The van der Waals surface area contributed by atoms with E-state index in [1.165, 1.54) is 11.8 Å². The van der Waals surface area contributed by atoms with Crippen molar-refractivity contribution in [3.8, 4) is 0 Å². The van der Waals surface area contributed by atoms with Gasteiger partial charge in [0.1, 0.15) is 0 Å². The fourth-order valence-corrected chi connectivity index (χ4v) is 1.47. The van der Waals surface area contributed by atoms with Gasteiger partial charge < -0.3 is 0 Å². The van der Waals surface area contributed by atoms with E-state index in [1.54, 1.807) is 6.92 Å². The molecule has 0 rings (SSSR count). The molecule has 72 valence electrons. The molecule has 0 amide bonds. The summed E-state index contributed by atoms with van der Waals surface area (Å²) in [5, 5.41) is 0.145. The van der Waals surface area contributed by atoms with Crippen molar-refractivity contribution in [3.05, 3.63) is 0 Å². The lowest BCUT2D eigenvalue weighted by Gasteiger charge is -1.98. The largest absolute Gasteiger partial charge is 0.287 e. The van der Waals surface area contributed by atoms with Crippen molar-refractivity contribution in [2.24, 2.45) is 0 Å². The van der Waals surface area contributed by atoms with Crippen LogP contribution in [-0.2, 0) is 4.79 Å². The normalized spacial score (nSPS) is 10.7. The molecule has 12 heavy (non-hydrogen) atoms. The second-order valence-electron chi connectivity index (χ2n) is 2.46. The van der Waals surface area contributed by atoms with E-state index in [9.17, 15) is 13.6 Å². The van der Waals surface area contributed by atoms with Crippen molar-refractivity contribution in [1.29, 1.82) is 0 Å². The number of carbonyl (C=O) groups is 1. The van der Waals surface area contributed by atoms with Crippen LogP contribution in [0.2, 0.25) is 0 Å². The quantitative estimate of drug-likeness (QED) is 0.607. The van der Waals surface area contributed by atoms with Crippen molar-refractivity contribution in [2.45, 2.75) is 39.0 Å². The summed E-state index contributed by atoms with van der Waals surface area (Å²) in [6, 6.07) is 0. The third-order valence-corrected chi connectivity index (χ3v) is 2.47. The molecule has 0 N–H and O–H groups in total. The second kappa shape index (κ2) is 7.53. The van der Waals surface area contributed by atoms with Crippen molar-refractivity contribution in [3.63, 3.8) is 0 Å². The minimum Gasteiger partial charge on any atom is -0.287 e. The summed E-state index contributed by atoms with van der Waals surface area (Å²) in [6.45, 7) is 1.80. The molecule has 0 atom stereocenters. The van der Waals surface area contributed by atoms with E-state index in [1.807, 2.05) is 0 Å². The van der Waals surface area contributed by atoms with Crippen LogP contribution in [0.3, 0.4) is 0 Å². The number of rotatable bonds is 6. The topological polar surface area (TPSA) is 17.1 Å². The van der Waals surface area contributed by atoms with Crippen LogP contribution in [0.4, 0.5) is 8.78 Å². The Labute approximate surface area is 75.9 Å². The van der Waals surface area contributed by atoms with Crippen LogP contribution in [0.5, 0.6) is 0 Å². The molecule has 0 aromatic rings. The Kier molecular flexibility index (Phi) is 7.45. The summed E-state index contributed by atoms with van der Waals surface area (Å²) in [6.07, 6.45) is -0.486.